The van der Waals surface area contributed by atoms with Crippen molar-refractivity contribution >= 4 is 33.6 Å². The van der Waals surface area contributed by atoms with Gasteiger partial charge in [-0.1, -0.05) is 28.1 Å². The summed E-state index contributed by atoms with van der Waals surface area (Å²) in [6, 6.07) is 9.65. The van der Waals surface area contributed by atoms with Crippen molar-refractivity contribution in [1.82, 2.24) is 5.32 Å². The van der Waals surface area contributed by atoms with Crippen molar-refractivity contribution in [2.24, 2.45) is 4.40 Å². The summed E-state index contributed by atoms with van der Waals surface area (Å²) in [5.74, 6) is -0.162. The molecule has 0 saturated heterocycles. The summed E-state index contributed by atoms with van der Waals surface area (Å²) in [6.45, 7) is -0.132. The first-order chi connectivity index (χ1) is 12.8. The third-order valence-electron chi connectivity index (χ3n) is 3.58. The number of rotatable bonds is 7. The van der Waals surface area contributed by atoms with Crippen molar-refractivity contribution in [2.75, 3.05) is 13.7 Å². The molecule has 0 radical (unpaired) electrons. The van der Waals surface area contributed by atoms with Gasteiger partial charge in [-0.05, 0) is 35.9 Å². The summed E-state index contributed by atoms with van der Waals surface area (Å²) in [7, 11) is -2.69. The molecule has 2 aromatic rings. The molecule has 0 heterocycles. The van der Waals surface area contributed by atoms with Gasteiger partial charge >= 0.3 is 0 Å². The van der Waals surface area contributed by atoms with E-state index in [1.165, 1.54) is 37.4 Å². The first kappa shape index (κ1) is 20.6. The number of aliphatic hydroxyl groups is 1. The van der Waals surface area contributed by atoms with Crippen molar-refractivity contribution in [3.8, 4) is 5.75 Å². The van der Waals surface area contributed by atoms with Crippen molar-refractivity contribution in [2.45, 2.75) is 11.0 Å². The number of aliphatic hydroxyl groups excluding tert-OH is 1. The molecule has 2 N–H and O–H groups in total. The van der Waals surface area contributed by atoms with Gasteiger partial charge < -0.3 is 15.2 Å². The zero-order chi connectivity index (χ0) is 20.0. The Morgan fingerprint density at radius 3 is 2.56 bits per heavy atom. The maximum Gasteiger partial charge on any atom is 0.292 e. The molecular formula is C17H15ClN2O6S. The topological polar surface area (TPSA) is 122 Å². The van der Waals surface area contributed by atoms with Gasteiger partial charge in [0.15, 0.2) is 0 Å². The Kier molecular flexibility index (Phi) is 6.70. The largest absolute Gasteiger partial charge is 0.496 e. The first-order valence-electron chi connectivity index (χ1n) is 7.52. The van der Waals surface area contributed by atoms with E-state index in [1.54, 1.807) is 12.1 Å². The minimum Gasteiger partial charge on any atom is -0.496 e. The Labute approximate surface area is 160 Å². The van der Waals surface area contributed by atoms with Crippen LogP contribution >= 0.6 is 11.6 Å². The van der Waals surface area contributed by atoms with Crippen LogP contribution in [0.5, 0.6) is 5.75 Å². The number of benzene rings is 2. The highest BCUT2D eigenvalue weighted by Crippen LogP contribution is 2.23. The van der Waals surface area contributed by atoms with Crippen LogP contribution in [0.4, 0.5) is 0 Å². The maximum atomic E-state index is 12.3. The summed E-state index contributed by atoms with van der Waals surface area (Å²) in [5, 5.41) is 13.1. The Hall–Kier alpha value is -2.71. The van der Waals surface area contributed by atoms with Gasteiger partial charge in [-0.25, -0.2) is 4.79 Å². The van der Waals surface area contributed by atoms with Crippen molar-refractivity contribution in [3.05, 3.63) is 58.6 Å². The van der Waals surface area contributed by atoms with Crippen LogP contribution in [-0.4, -0.2) is 39.2 Å². The lowest BCUT2D eigenvalue weighted by Gasteiger charge is -2.14. The van der Waals surface area contributed by atoms with Gasteiger partial charge in [0, 0.05) is 11.6 Å². The average Bonchev–Trinajstić information content (AvgIpc) is 2.65. The number of carbonyl (C=O) groups is 1. The second-order valence-corrected chi connectivity index (χ2v) is 7.34. The van der Waals surface area contributed by atoms with Gasteiger partial charge in [0.2, 0.25) is 0 Å². The van der Waals surface area contributed by atoms with Crippen LogP contribution in [-0.2, 0) is 14.8 Å². The van der Waals surface area contributed by atoms with Gasteiger partial charge in [-0.15, -0.1) is 0 Å². The lowest BCUT2D eigenvalue weighted by molar-refractivity contribution is 0.0913. The molecule has 1 amide bonds. The standard InChI is InChI=1S/C17H15ClN2O6S/c1-26-16-7-4-12(18)8-14(16)17(23)19-9-15(22)11-2-5-13(6-3-11)27(24,25)20-10-21/h2-8,15,22H,9H2,1H3,(H,19,23). The van der Waals surface area contributed by atoms with Crippen molar-refractivity contribution in [3.63, 3.8) is 0 Å². The number of ether oxygens (including phenoxy) is 1. The summed E-state index contributed by atoms with van der Waals surface area (Å²) < 4.78 is 31.0. The quantitative estimate of drug-likeness (QED) is 0.530. The highest BCUT2D eigenvalue weighted by molar-refractivity contribution is 7.90. The van der Waals surface area contributed by atoms with Crippen LogP contribution < -0.4 is 10.1 Å². The van der Waals surface area contributed by atoms with Crippen LogP contribution in [0.2, 0.25) is 5.02 Å². The fraction of sp³-hybridized carbons (Fsp3) is 0.176. The zero-order valence-corrected chi connectivity index (χ0v) is 15.6. The molecule has 1 atom stereocenters. The minimum absolute atomic E-state index is 0.132. The van der Waals surface area contributed by atoms with Gasteiger partial charge in [0.25, 0.3) is 22.0 Å². The third-order valence-corrected chi connectivity index (χ3v) is 5.00. The molecule has 0 aliphatic heterocycles. The predicted octanol–water partition coefficient (Wildman–Crippen LogP) is 1.84. The van der Waals surface area contributed by atoms with E-state index in [0.717, 1.165) is 6.08 Å². The Morgan fingerprint density at radius 1 is 1.30 bits per heavy atom. The molecule has 2 aromatic carbocycles. The van der Waals surface area contributed by atoms with E-state index >= 15 is 0 Å². The first-order valence-corrected chi connectivity index (χ1v) is 9.34. The number of nitrogens with zero attached hydrogens (tertiary/aromatic N) is 1. The highest BCUT2D eigenvalue weighted by atomic mass is 35.5. The average molecular weight is 411 g/mol. The molecule has 0 bridgehead atoms. The number of sulfonamides is 1. The Bertz CT molecular complexity index is 985. The summed E-state index contributed by atoms with van der Waals surface area (Å²) in [4.78, 5) is 22.2. The molecule has 0 aromatic heterocycles. The predicted molar refractivity (Wildman–Crippen MR) is 97.0 cm³/mol. The molecule has 8 nitrogen and oxygen atoms in total. The van der Waals surface area contributed by atoms with Gasteiger partial charge in [-0.3, -0.25) is 4.79 Å². The van der Waals surface area contributed by atoms with Crippen LogP contribution in [0.3, 0.4) is 0 Å². The van der Waals surface area contributed by atoms with Gasteiger partial charge in [0.1, 0.15) is 5.75 Å². The molecule has 0 fully saturated rings. The number of nitrogens with one attached hydrogen (secondary N) is 1. The molecule has 1 unspecified atom stereocenters. The van der Waals surface area contributed by atoms with E-state index in [9.17, 15) is 23.1 Å². The molecular weight excluding hydrogens is 396 g/mol. The number of methoxy groups -OCH3 is 1. The van der Waals surface area contributed by atoms with Gasteiger partial charge in [-0.2, -0.15) is 8.42 Å². The number of hydrogen-bond acceptors (Lipinski definition) is 6. The fourth-order valence-electron chi connectivity index (χ4n) is 2.22. The van der Waals surface area contributed by atoms with Crippen molar-refractivity contribution < 1.29 is 27.9 Å². The molecule has 0 saturated carbocycles. The SMILES string of the molecule is COc1ccc(Cl)cc1C(=O)NCC(O)c1ccc(S(=O)(=O)N=C=O)cc1. The van der Waals surface area contributed by atoms with E-state index in [1.807, 2.05) is 0 Å². The number of carbonyl (C=O) groups excluding carboxylic acids is 2. The zero-order valence-electron chi connectivity index (χ0n) is 14.0. The Balaban J connectivity index is 2.08. The van der Waals surface area contributed by atoms with E-state index in [4.69, 9.17) is 16.3 Å². The van der Waals surface area contributed by atoms with Crippen LogP contribution in [0.1, 0.15) is 22.0 Å². The monoisotopic (exact) mass is 410 g/mol. The normalized spacial score (nSPS) is 12.0. The molecule has 142 valence electrons. The molecule has 10 heteroatoms. The molecule has 2 rings (SSSR count). The van der Waals surface area contributed by atoms with E-state index in [-0.39, 0.29) is 17.0 Å². The second-order valence-electron chi connectivity index (χ2n) is 5.30. The van der Waals surface area contributed by atoms with Crippen molar-refractivity contribution in [1.29, 1.82) is 0 Å². The highest BCUT2D eigenvalue weighted by Gasteiger charge is 2.17. The smallest absolute Gasteiger partial charge is 0.292 e. The number of amides is 1. The summed E-state index contributed by atoms with van der Waals surface area (Å²) >= 11 is 5.88. The Morgan fingerprint density at radius 2 is 1.96 bits per heavy atom. The molecule has 27 heavy (non-hydrogen) atoms. The molecule has 0 aliphatic carbocycles. The fourth-order valence-corrected chi connectivity index (χ4v) is 3.08. The van der Waals surface area contributed by atoms with E-state index in [0.29, 0.717) is 16.3 Å². The number of hydrogen-bond donors (Lipinski definition) is 2. The van der Waals surface area contributed by atoms with Crippen LogP contribution in [0.25, 0.3) is 0 Å². The molecule has 0 spiro atoms. The van der Waals surface area contributed by atoms with Crippen LogP contribution in [0, 0.1) is 0 Å². The lowest BCUT2D eigenvalue weighted by atomic mass is 10.1. The maximum absolute atomic E-state index is 12.3. The minimum atomic E-state index is -4.10. The van der Waals surface area contributed by atoms with Crippen LogP contribution in [0.15, 0.2) is 51.8 Å². The molecule has 0 aliphatic rings. The van der Waals surface area contributed by atoms with E-state index in [2.05, 4.69) is 9.71 Å². The van der Waals surface area contributed by atoms with E-state index < -0.39 is 22.0 Å². The second kappa shape index (κ2) is 8.79. The van der Waals surface area contributed by atoms with Gasteiger partial charge in [0.05, 0.1) is 23.7 Å². The summed E-state index contributed by atoms with van der Waals surface area (Å²) in [6.07, 6.45) is -0.116. The number of isocyanates is 1. The third kappa shape index (κ3) is 5.15. The lowest BCUT2D eigenvalue weighted by Crippen LogP contribution is -2.28. The summed E-state index contributed by atoms with van der Waals surface area (Å²) in [5.41, 5.74) is 0.577. The number of halogens is 1.